The van der Waals surface area contributed by atoms with Gasteiger partial charge in [0.25, 0.3) is 5.91 Å². The van der Waals surface area contributed by atoms with Crippen molar-refractivity contribution in [2.75, 3.05) is 34.4 Å². The third-order valence-electron chi connectivity index (χ3n) is 24.4. The second kappa shape index (κ2) is 44.2. The van der Waals surface area contributed by atoms with Gasteiger partial charge < -0.3 is 49.1 Å². The van der Waals surface area contributed by atoms with Crippen LogP contribution in [-0.4, -0.2) is 129 Å². The first-order chi connectivity index (χ1) is 58.5. The number of imidazole rings is 4. The molecule has 26 heteroatoms. The number of ketones is 2. The fraction of sp³-hybridized carbons (Fsp3) is 0.453. The number of nitrogens with one attached hydrogen (secondary N) is 2. The molecule has 5 heterocycles. The molecule has 5 saturated carbocycles. The number of nitrogens with zero attached hydrogens (tertiary/aromatic N) is 9. The smallest absolute Gasteiger partial charge is 0.435 e. The van der Waals surface area contributed by atoms with Gasteiger partial charge in [-0.05, 0) is 165 Å². The number of aromatic nitrogens is 10. The van der Waals surface area contributed by atoms with Crippen LogP contribution < -0.4 is 11.1 Å². The van der Waals surface area contributed by atoms with Gasteiger partial charge in [-0.25, -0.2) is 24.6 Å². The van der Waals surface area contributed by atoms with E-state index in [9.17, 15) is 46.7 Å². The van der Waals surface area contributed by atoms with Crippen LogP contribution in [0.25, 0.3) is 50.7 Å². The third kappa shape index (κ3) is 24.9. The lowest BCUT2D eigenvalue weighted by molar-refractivity contribution is -0.150. The molecule has 0 unspecified atom stereocenters. The topological polar surface area (TPSA) is 305 Å². The number of benzene rings is 5. The Labute approximate surface area is 706 Å². The van der Waals surface area contributed by atoms with Crippen LogP contribution in [0.4, 0.5) is 13.2 Å². The van der Waals surface area contributed by atoms with E-state index in [4.69, 9.17) is 35.3 Å². The average molecular weight is 1660 g/mol. The summed E-state index contributed by atoms with van der Waals surface area (Å²) in [6, 6.07) is 49.1. The number of aromatic amines is 1. The van der Waals surface area contributed by atoms with Crippen LogP contribution in [0, 0.1) is 35.5 Å². The van der Waals surface area contributed by atoms with Crippen molar-refractivity contribution in [2.45, 2.75) is 184 Å². The molecule has 1 amide bonds. The highest BCUT2D eigenvalue weighted by atomic mass is 19.4. The summed E-state index contributed by atoms with van der Waals surface area (Å²) in [5.74, 6) is 4.53. The molecule has 15 rings (SSSR count). The van der Waals surface area contributed by atoms with Gasteiger partial charge in [-0.3, -0.25) is 33.6 Å². The van der Waals surface area contributed by atoms with Gasteiger partial charge in [0.05, 0.1) is 85.2 Å². The van der Waals surface area contributed by atoms with E-state index >= 15 is 0 Å². The molecular weight excluding hydrogens is 1540 g/mol. The lowest BCUT2D eigenvalue weighted by atomic mass is 9.79. The van der Waals surface area contributed by atoms with Gasteiger partial charge in [0.2, 0.25) is 0 Å². The summed E-state index contributed by atoms with van der Waals surface area (Å²) in [5.41, 5.74) is 12.7. The number of H-pyrrole nitrogens is 1. The second-order valence-electron chi connectivity index (χ2n) is 32.4. The Balaban J connectivity index is 0.000000155. The zero-order chi connectivity index (χ0) is 86.0. The highest BCUT2D eigenvalue weighted by molar-refractivity contribution is 5.95. The molecule has 5 aliphatic carbocycles. The van der Waals surface area contributed by atoms with Crippen molar-refractivity contribution in [1.29, 1.82) is 0 Å². The number of carboxylic acid groups (broad SMARTS) is 1. The molecule has 0 radical (unpaired) electrons. The van der Waals surface area contributed by atoms with Gasteiger partial charge >= 0.3 is 30.1 Å². The Morgan fingerprint density at radius 1 is 0.455 bits per heavy atom. The van der Waals surface area contributed by atoms with Crippen molar-refractivity contribution < 1.29 is 66.1 Å². The first-order valence-corrected chi connectivity index (χ1v) is 42.6. The number of hydrogen-bond donors (Lipinski definition) is 4. The maximum absolute atomic E-state index is 13.6. The van der Waals surface area contributed by atoms with Crippen molar-refractivity contribution in [2.24, 2.45) is 62.4 Å². The number of halogens is 3. The maximum atomic E-state index is 13.6. The van der Waals surface area contributed by atoms with Gasteiger partial charge in [-0.1, -0.05) is 140 Å². The second-order valence-corrected chi connectivity index (χ2v) is 32.4. The maximum Gasteiger partial charge on any atom is 0.435 e. The molecule has 10 aromatic rings. The average Bonchev–Trinajstić information content (AvgIpc) is 1.63. The van der Waals surface area contributed by atoms with E-state index < -0.39 is 29.3 Å². The number of aliphatic carboxylic acids is 1. The number of esters is 3. The number of ether oxygens (including phenoxy) is 3. The number of nitrogens with two attached hydrogens (primary N) is 1. The number of methoxy groups -OCH3 is 3. The highest BCUT2D eigenvalue weighted by Gasteiger charge is 2.40. The van der Waals surface area contributed by atoms with Crippen LogP contribution in [0.5, 0.6) is 0 Å². The fourth-order valence-electron chi connectivity index (χ4n) is 17.5. The van der Waals surface area contributed by atoms with Gasteiger partial charge in [0, 0.05) is 118 Å². The number of Topliss-reactive ketones (excluding diaryl/α,β-unsaturated/α-hetero) is 2. The van der Waals surface area contributed by atoms with Crippen LogP contribution in [0.1, 0.15) is 217 Å². The van der Waals surface area contributed by atoms with Crippen LogP contribution in [-0.2, 0) is 70.3 Å². The Hall–Kier alpha value is -11.4. The summed E-state index contributed by atoms with van der Waals surface area (Å²) in [4.78, 5) is 105. The summed E-state index contributed by atoms with van der Waals surface area (Å²) in [6.07, 6.45) is 23.9. The number of carbonyl (C=O) groups excluding carboxylic acids is 6. The summed E-state index contributed by atoms with van der Waals surface area (Å²) >= 11 is 0. The summed E-state index contributed by atoms with van der Waals surface area (Å²) < 4.78 is 62.4. The largest absolute Gasteiger partial charge is 0.481 e. The monoisotopic (exact) mass is 1660 g/mol. The van der Waals surface area contributed by atoms with Crippen LogP contribution >= 0.6 is 0 Å². The summed E-state index contributed by atoms with van der Waals surface area (Å²) in [7, 11) is 10.4. The van der Waals surface area contributed by atoms with Crippen molar-refractivity contribution >= 4 is 41.4 Å². The molecule has 5 N–H and O–H groups in total. The standard InChI is InChI=1S/C31H32F3N5O2.C20H27N3O.C18H22N2O2.C17H20N2O2.C9H14O4/c1-38-20-26(21-9-4-2-5-10-21)36-29(38)23-16-14-22(15-17-23)27(40)13-8-18-35-30(41)25-19-39(24-11-6-3-7-12-24)37-28(25)31(32,33)34;1-23-14-18(15-6-3-2-4-7-15)22-20(23)17-11-9-16(10-12-17)19(24)8-5-13-21;1-20-12-16(13-6-4-3-5-7-13)19-17(20)14-8-10-15(11-9-14)18(21)22-2;1-21-17(20)14-9-7-13(8-10-14)16-18-11-15(19-16)12-5-3-2-4-6-12;1-13-9(12)7-4-2-6(3-5-7)8(10)11/h2-7,9-12,19-20,22-23H,8,13-18H2,1H3,(H,35,41);2-4,6-7,14,16-17H,5,8-13,21H2,1H3;3-7,12,14-15H,8-11H2,1-2H3;2-6,11,13-14H,7-10H2,1H3,(H,18,19);6-7H,2-5H2,1H3,(H,10,11). The molecule has 5 fully saturated rings. The third-order valence-corrected chi connectivity index (χ3v) is 24.4. The van der Waals surface area contributed by atoms with E-state index in [2.05, 4.69) is 102 Å². The SMILES string of the molecule is COC(=O)C1CCC(C(=O)O)CC1.COC(=O)C1CCC(c2nc(-c3ccccc3)cn2C)CC1.COC(=O)C1CCC(c2ncc(-c3ccccc3)[nH]2)CC1.Cn1cc(-c2ccccc2)nc1C1CCC(C(=O)CCCN)CC1.Cn1cc(-c2ccccc2)nc1C1CCC(C(=O)CCCNC(=O)c2cn(-c3ccccc3)nc2C(F)(F)F)CC1. The minimum atomic E-state index is -4.78. The molecule has 0 aliphatic heterocycles. The fourth-order valence-corrected chi connectivity index (χ4v) is 17.5. The molecule has 5 aromatic carbocycles. The number of rotatable bonds is 23. The number of hydrogen-bond acceptors (Lipinski definition) is 16. The molecule has 5 aliphatic rings. The van der Waals surface area contributed by atoms with Crippen molar-refractivity contribution in [3.8, 4) is 50.7 Å². The molecule has 121 heavy (non-hydrogen) atoms. The van der Waals surface area contributed by atoms with Gasteiger partial charge in [-0.15, -0.1) is 0 Å². The molecule has 5 aromatic heterocycles. The number of carboxylic acids is 1. The zero-order valence-electron chi connectivity index (χ0n) is 70.2. The Morgan fingerprint density at radius 2 is 0.793 bits per heavy atom. The van der Waals surface area contributed by atoms with E-state index in [0.29, 0.717) is 80.2 Å². The minimum Gasteiger partial charge on any atom is -0.481 e. The van der Waals surface area contributed by atoms with E-state index in [-0.39, 0.29) is 72.2 Å². The van der Waals surface area contributed by atoms with E-state index in [1.165, 1.54) is 21.3 Å². The molecule has 23 nitrogen and oxygen atoms in total. The predicted octanol–water partition coefficient (Wildman–Crippen LogP) is 18.1. The Bertz CT molecular complexity index is 4950. The first kappa shape index (κ1) is 90.4. The number of aryl methyl sites for hydroxylation is 3. The number of para-hydroxylation sites is 1. The van der Waals surface area contributed by atoms with E-state index in [1.807, 2.05) is 104 Å². The van der Waals surface area contributed by atoms with E-state index in [1.54, 1.807) is 30.3 Å². The predicted molar refractivity (Wildman–Crippen MR) is 456 cm³/mol. The van der Waals surface area contributed by atoms with Crippen molar-refractivity contribution in [1.82, 2.24) is 53.7 Å². The normalized spacial score (nSPS) is 20.8. The molecule has 0 bridgehead atoms. The Kier molecular flexibility index (Phi) is 33.0. The molecule has 0 atom stereocenters. The Morgan fingerprint density at radius 3 is 1.16 bits per heavy atom. The number of amides is 1. The van der Waals surface area contributed by atoms with Gasteiger partial charge in [0.15, 0.2) is 5.69 Å². The molecule has 0 spiro atoms. The van der Waals surface area contributed by atoms with Crippen LogP contribution in [0.3, 0.4) is 0 Å². The van der Waals surface area contributed by atoms with Crippen molar-refractivity contribution in [3.63, 3.8) is 0 Å². The quantitative estimate of drug-likeness (QED) is 0.0263. The molecule has 642 valence electrons. The van der Waals surface area contributed by atoms with Gasteiger partial charge in [0.1, 0.15) is 34.9 Å². The van der Waals surface area contributed by atoms with Crippen molar-refractivity contribution in [3.05, 3.63) is 217 Å². The number of alkyl halides is 3. The summed E-state index contributed by atoms with van der Waals surface area (Å²) in [5, 5.41) is 14.8. The lowest BCUT2D eigenvalue weighted by Gasteiger charge is -2.27. The zero-order valence-corrected chi connectivity index (χ0v) is 70.2. The molecular formula is C95H115F3N12O11. The minimum absolute atomic E-state index is 0.0447. The number of carbonyl (C=O) groups is 7. The van der Waals surface area contributed by atoms with Crippen LogP contribution in [0.15, 0.2) is 183 Å². The molecule has 0 saturated heterocycles. The van der Waals surface area contributed by atoms with Crippen LogP contribution in [0.2, 0.25) is 0 Å². The van der Waals surface area contributed by atoms with E-state index in [0.717, 1.165) is 188 Å². The highest BCUT2D eigenvalue weighted by Crippen LogP contribution is 2.42. The summed E-state index contributed by atoms with van der Waals surface area (Å²) in [6.45, 7) is 0.708. The van der Waals surface area contributed by atoms with Gasteiger partial charge in [-0.2, -0.15) is 18.3 Å². The first-order valence-electron chi connectivity index (χ1n) is 42.6. The lowest BCUT2D eigenvalue weighted by Crippen LogP contribution is -2.28.